The molecule has 8 heteroatoms. The van der Waals surface area contributed by atoms with E-state index in [9.17, 15) is 9.59 Å². The van der Waals surface area contributed by atoms with E-state index in [0.717, 1.165) is 6.92 Å². The van der Waals surface area contributed by atoms with E-state index in [0.29, 0.717) is 0 Å². The highest BCUT2D eigenvalue weighted by atomic mass is 16.4. The fourth-order valence-electron chi connectivity index (χ4n) is 0.129. The molecule has 0 bridgehead atoms. The first-order valence-electron chi connectivity index (χ1n) is 4.03. The van der Waals surface area contributed by atoms with E-state index in [2.05, 4.69) is 4.74 Å². The normalized spacial score (nSPS) is 6.29. The van der Waals surface area contributed by atoms with Crippen molar-refractivity contribution in [3.05, 3.63) is 0 Å². The number of aliphatic carboxylic acids is 3. The number of methoxy groups -OCH3 is 1. The molecule has 0 aromatic heterocycles. The van der Waals surface area contributed by atoms with Gasteiger partial charge in [-0.25, -0.2) is 0 Å². The van der Waals surface area contributed by atoms with E-state index in [-0.39, 0.29) is 0 Å². The number of nitrogens with zero attached hydrogens (tertiary/aromatic N) is 1. The highest BCUT2D eigenvalue weighted by Crippen LogP contribution is 1.74. The number of hydrogen-bond acceptors (Lipinski definition) is 5. The molecule has 3 N–H and O–H groups in total. The first-order valence-corrected chi connectivity index (χ1v) is 4.03. The number of nitriles is 1. The number of carbonyl (C=O) groups is 3. The zero-order valence-electron chi connectivity index (χ0n) is 10.1. The minimum Gasteiger partial charge on any atom is -0.481 e. The smallest absolute Gasteiger partial charge is 0.314 e. The zero-order valence-corrected chi connectivity index (χ0v) is 10.1. The van der Waals surface area contributed by atoms with Gasteiger partial charge in [0.2, 0.25) is 0 Å². The number of carboxylic acids is 3. The number of hydrogen-bond donors (Lipinski definition) is 3. The summed E-state index contributed by atoms with van der Waals surface area (Å²) >= 11 is 0. The van der Waals surface area contributed by atoms with Crippen LogP contribution in [0.25, 0.3) is 0 Å². The Labute approximate surface area is 99.0 Å². The molecule has 0 fully saturated rings. The lowest BCUT2D eigenvalue weighted by atomic mass is 10.5. The average molecular weight is 251 g/mol. The number of rotatable bonds is 2. The Balaban J connectivity index is -0.0000000726. The Morgan fingerprint density at radius 3 is 1.24 bits per heavy atom. The maximum atomic E-state index is 9.43. The van der Waals surface area contributed by atoms with Crippen LogP contribution in [0, 0.1) is 11.3 Å². The predicted molar refractivity (Wildman–Crippen MR) is 57.4 cm³/mol. The summed E-state index contributed by atoms with van der Waals surface area (Å²) in [6.45, 7) is 2.51. The van der Waals surface area contributed by atoms with Crippen molar-refractivity contribution in [2.45, 2.75) is 20.3 Å². The summed E-state index contributed by atoms with van der Waals surface area (Å²) in [5.41, 5.74) is 0. The summed E-state index contributed by atoms with van der Waals surface area (Å²) in [5, 5.41) is 30.1. The zero-order chi connectivity index (χ0) is 14.9. The van der Waals surface area contributed by atoms with Gasteiger partial charge in [-0.1, -0.05) is 0 Å². The fourth-order valence-corrected chi connectivity index (χ4v) is 0.129. The molecule has 8 nitrogen and oxygen atoms in total. The third-order valence-electron chi connectivity index (χ3n) is 0.302. The van der Waals surface area contributed by atoms with Crippen molar-refractivity contribution in [2.75, 3.05) is 14.2 Å². The van der Waals surface area contributed by atoms with E-state index in [1.54, 1.807) is 20.3 Å². The van der Waals surface area contributed by atoms with E-state index >= 15 is 0 Å². The van der Waals surface area contributed by atoms with Crippen molar-refractivity contribution in [1.82, 2.24) is 0 Å². The van der Waals surface area contributed by atoms with Crippen molar-refractivity contribution in [1.29, 1.82) is 5.26 Å². The van der Waals surface area contributed by atoms with Crippen molar-refractivity contribution in [3.63, 3.8) is 0 Å². The highest BCUT2D eigenvalue weighted by Gasteiger charge is 2.01. The van der Waals surface area contributed by atoms with Crippen LogP contribution in [-0.2, 0) is 19.1 Å². The molecule has 100 valence electrons. The second kappa shape index (κ2) is 23.6. The molecule has 0 radical (unpaired) electrons. The molecule has 0 aliphatic carbocycles. The monoisotopic (exact) mass is 251 g/mol. The van der Waals surface area contributed by atoms with Crippen molar-refractivity contribution < 1.29 is 34.4 Å². The van der Waals surface area contributed by atoms with Crippen LogP contribution in [0.4, 0.5) is 0 Å². The largest absolute Gasteiger partial charge is 0.481 e. The third-order valence-corrected chi connectivity index (χ3v) is 0.302. The van der Waals surface area contributed by atoms with Crippen molar-refractivity contribution in [2.24, 2.45) is 0 Å². The molecule has 0 saturated heterocycles. The van der Waals surface area contributed by atoms with Gasteiger partial charge in [-0.3, -0.25) is 14.4 Å². The topological polar surface area (TPSA) is 145 Å². The average Bonchev–Trinajstić information content (AvgIpc) is 2.01. The minimum absolute atomic E-state index is 0.806. The molecular formula is C9H17NO7. The van der Waals surface area contributed by atoms with Gasteiger partial charge in [0.05, 0.1) is 6.07 Å². The summed E-state index contributed by atoms with van der Waals surface area (Å²) in [5.74, 6) is -3.46. The van der Waals surface area contributed by atoms with Gasteiger partial charge in [0, 0.05) is 28.1 Å². The van der Waals surface area contributed by atoms with Gasteiger partial charge < -0.3 is 20.1 Å². The fraction of sp³-hybridized carbons (Fsp3) is 0.556. The molecular weight excluding hydrogens is 234 g/mol. The van der Waals surface area contributed by atoms with Gasteiger partial charge in [-0.2, -0.15) is 5.26 Å². The number of ether oxygens (including phenoxy) is 1. The SMILES string of the molecule is CC#N.CC(=O)O.COC.O=C(O)CC(=O)O. The van der Waals surface area contributed by atoms with Gasteiger partial charge in [0.15, 0.2) is 0 Å². The molecule has 0 saturated carbocycles. The molecule has 0 aromatic carbocycles. The molecule has 0 atom stereocenters. The molecule has 0 heterocycles. The number of carboxylic acid groups (broad SMARTS) is 3. The highest BCUT2D eigenvalue weighted by molar-refractivity contribution is 5.88. The molecule has 17 heavy (non-hydrogen) atoms. The Hall–Kier alpha value is -2.14. The Kier molecular flexibility index (Phi) is 33.6. The van der Waals surface area contributed by atoms with Gasteiger partial charge in [0.1, 0.15) is 6.42 Å². The summed E-state index contributed by atoms with van der Waals surface area (Å²) in [7, 11) is 3.25. The lowest BCUT2D eigenvalue weighted by Crippen LogP contribution is -2.03. The van der Waals surface area contributed by atoms with Crippen molar-refractivity contribution >= 4 is 17.9 Å². The molecule has 0 aromatic rings. The summed E-state index contributed by atoms with van der Waals surface area (Å²) in [6.07, 6.45) is -0.806. The minimum atomic E-state index is -1.31. The summed E-state index contributed by atoms with van der Waals surface area (Å²) in [6, 6.07) is 1.75. The maximum Gasteiger partial charge on any atom is 0.314 e. The summed E-state index contributed by atoms with van der Waals surface area (Å²) < 4.78 is 4.25. The van der Waals surface area contributed by atoms with Gasteiger partial charge in [-0.15, -0.1) is 0 Å². The lowest BCUT2D eigenvalue weighted by Gasteiger charge is -1.80. The Morgan fingerprint density at radius 2 is 1.24 bits per heavy atom. The van der Waals surface area contributed by atoms with Crippen LogP contribution in [0.5, 0.6) is 0 Å². The molecule has 0 rings (SSSR count). The van der Waals surface area contributed by atoms with Gasteiger partial charge in [0.25, 0.3) is 5.97 Å². The van der Waals surface area contributed by atoms with Crippen LogP contribution in [0.15, 0.2) is 0 Å². The van der Waals surface area contributed by atoms with Crippen LogP contribution >= 0.6 is 0 Å². The standard InChI is InChI=1S/C3H4O4.C2H3N.C2H4O2.C2H6O/c4-2(5)1-3(6)7;1-2-3;1-2(3)4;1-3-2/h1H2,(H,4,5)(H,6,7);1H3;1H3,(H,3,4);1-2H3. The van der Waals surface area contributed by atoms with Gasteiger partial charge in [-0.05, 0) is 0 Å². The molecule has 0 spiro atoms. The Bertz CT molecular complexity index is 228. The van der Waals surface area contributed by atoms with E-state index < -0.39 is 24.3 Å². The first kappa shape index (κ1) is 24.2. The molecule has 0 aliphatic heterocycles. The quantitative estimate of drug-likeness (QED) is 0.599. The molecule has 0 aliphatic rings. The van der Waals surface area contributed by atoms with Crippen molar-refractivity contribution in [3.8, 4) is 6.07 Å². The van der Waals surface area contributed by atoms with E-state index in [1.807, 2.05) is 0 Å². The first-order chi connectivity index (χ1) is 7.69. The van der Waals surface area contributed by atoms with Crippen LogP contribution in [-0.4, -0.2) is 47.4 Å². The Morgan fingerprint density at radius 1 is 1.12 bits per heavy atom. The lowest BCUT2D eigenvalue weighted by molar-refractivity contribution is -0.147. The van der Waals surface area contributed by atoms with Crippen LogP contribution in [0.2, 0.25) is 0 Å². The van der Waals surface area contributed by atoms with Crippen LogP contribution in [0.3, 0.4) is 0 Å². The second-order valence-electron chi connectivity index (χ2n) is 2.12. The molecule has 0 amide bonds. The molecule has 0 unspecified atom stereocenters. The van der Waals surface area contributed by atoms with Crippen LogP contribution < -0.4 is 0 Å². The third kappa shape index (κ3) is 564. The van der Waals surface area contributed by atoms with E-state index in [1.165, 1.54) is 6.92 Å². The van der Waals surface area contributed by atoms with E-state index in [4.69, 9.17) is 25.4 Å². The second-order valence-corrected chi connectivity index (χ2v) is 2.12. The predicted octanol–water partition coefficient (Wildman–Crippen LogP) is 0.429. The summed E-state index contributed by atoms with van der Waals surface area (Å²) in [4.78, 5) is 27.9. The van der Waals surface area contributed by atoms with Gasteiger partial charge >= 0.3 is 11.9 Å². The van der Waals surface area contributed by atoms with Crippen LogP contribution in [0.1, 0.15) is 20.3 Å². The maximum absolute atomic E-state index is 9.43.